The second kappa shape index (κ2) is 7.43. The van der Waals surface area contributed by atoms with Gasteiger partial charge in [-0.25, -0.2) is 17.8 Å². The predicted octanol–water partition coefficient (Wildman–Crippen LogP) is 3.22. The van der Waals surface area contributed by atoms with Crippen molar-refractivity contribution in [1.29, 1.82) is 0 Å². The van der Waals surface area contributed by atoms with Crippen LogP contribution in [-0.2, 0) is 22.0 Å². The summed E-state index contributed by atoms with van der Waals surface area (Å²) in [6.07, 6.45) is -3.78. The number of pyridine rings is 1. The Balaban J connectivity index is 1.63. The molecule has 1 saturated heterocycles. The minimum absolute atomic E-state index is 0.0153. The van der Waals surface area contributed by atoms with Crippen molar-refractivity contribution >= 4 is 10.0 Å². The summed E-state index contributed by atoms with van der Waals surface area (Å²) >= 11 is 0. The number of nitrogens with zero attached hydrogens (tertiary/aromatic N) is 2. The molecule has 1 fully saturated rings. The highest BCUT2D eigenvalue weighted by Crippen LogP contribution is 2.31. The van der Waals surface area contributed by atoms with E-state index in [4.69, 9.17) is 4.74 Å². The Bertz CT molecular complexity index is 901. The zero-order chi connectivity index (χ0) is 19.7. The smallest absolute Gasteiger partial charge is 0.416 e. The molecule has 0 bridgehead atoms. The second-order valence-electron chi connectivity index (χ2n) is 6.15. The van der Waals surface area contributed by atoms with E-state index >= 15 is 0 Å². The van der Waals surface area contributed by atoms with E-state index in [0.29, 0.717) is 12.0 Å². The highest BCUT2D eigenvalue weighted by molar-refractivity contribution is 7.88. The molecule has 1 unspecified atom stereocenters. The topological polar surface area (TPSA) is 59.5 Å². The molecule has 146 valence electrons. The van der Waals surface area contributed by atoms with Crippen LogP contribution in [0, 0.1) is 5.82 Å². The molecule has 0 spiro atoms. The Morgan fingerprint density at radius 2 is 1.89 bits per heavy atom. The van der Waals surface area contributed by atoms with Crippen LogP contribution in [0.5, 0.6) is 5.88 Å². The average Bonchev–Trinajstić information content (AvgIpc) is 3.06. The molecule has 0 saturated carbocycles. The van der Waals surface area contributed by atoms with Gasteiger partial charge < -0.3 is 4.74 Å². The Labute approximate surface area is 153 Å². The zero-order valence-electron chi connectivity index (χ0n) is 14.0. The van der Waals surface area contributed by atoms with Crippen LogP contribution in [-0.4, -0.2) is 36.9 Å². The van der Waals surface area contributed by atoms with Crippen LogP contribution in [0.3, 0.4) is 0 Å². The van der Waals surface area contributed by atoms with E-state index < -0.39 is 33.7 Å². The molecule has 0 radical (unpaired) electrons. The molecule has 27 heavy (non-hydrogen) atoms. The molecule has 1 atom stereocenters. The van der Waals surface area contributed by atoms with Crippen molar-refractivity contribution in [3.63, 3.8) is 0 Å². The van der Waals surface area contributed by atoms with Gasteiger partial charge in [0.25, 0.3) is 0 Å². The van der Waals surface area contributed by atoms with Gasteiger partial charge in [0.05, 0.1) is 17.9 Å². The summed E-state index contributed by atoms with van der Waals surface area (Å²) in [5.74, 6) is -0.950. The number of benzene rings is 1. The third kappa shape index (κ3) is 4.95. The van der Waals surface area contributed by atoms with E-state index in [0.717, 1.165) is 18.3 Å². The van der Waals surface area contributed by atoms with E-state index in [2.05, 4.69) is 4.98 Å². The first kappa shape index (κ1) is 19.6. The summed E-state index contributed by atoms with van der Waals surface area (Å²) in [5, 5.41) is 0. The molecule has 3 rings (SSSR count). The molecule has 0 aliphatic carbocycles. The molecule has 0 amide bonds. The number of aromatic nitrogens is 1. The lowest BCUT2D eigenvalue weighted by molar-refractivity contribution is -0.137. The number of hydrogen-bond acceptors (Lipinski definition) is 4. The Kier molecular flexibility index (Phi) is 5.38. The predicted molar refractivity (Wildman–Crippen MR) is 88.9 cm³/mol. The van der Waals surface area contributed by atoms with Crippen LogP contribution in [0.4, 0.5) is 17.6 Å². The van der Waals surface area contributed by atoms with Crippen LogP contribution in [0.2, 0.25) is 0 Å². The first-order valence-corrected chi connectivity index (χ1v) is 9.66. The molecule has 1 aliphatic heterocycles. The summed E-state index contributed by atoms with van der Waals surface area (Å²) in [6.45, 7) is 0.203. The van der Waals surface area contributed by atoms with Crippen molar-refractivity contribution in [3.05, 3.63) is 59.5 Å². The summed E-state index contributed by atoms with van der Waals surface area (Å²) in [6, 6.07) is 6.77. The van der Waals surface area contributed by atoms with E-state index in [1.54, 1.807) is 0 Å². The van der Waals surface area contributed by atoms with Crippen molar-refractivity contribution in [3.8, 4) is 5.88 Å². The number of hydrogen-bond donors (Lipinski definition) is 0. The van der Waals surface area contributed by atoms with Crippen molar-refractivity contribution in [2.75, 3.05) is 13.1 Å². The minimum atomic E-state index is -4.51. The van der Waals surface area contributed by atoms with Gasteiger partial charge in [-0.15, -0.1) is 0 Å². The molecular weight excluding hydrogens is 388 g/mol. The zero-order valence-corrected chi connectivity index (χ0v) is 14.8. The number of alkyl halides is 3. The lowest BCUT2D eigenvalue weighted by Crippen LogP contribution is -2.32. The van der Waals surface area contributed by atoms with E-state index in [1.165, 1.54) is 28.6 Å². The van der Waals surface area contributed by atoms with Crippen LogP contribution >= 0.6 is 0 Å². The fraction of sp³-hybridized carbons (Fsp3) is 0.353. The largest absolute Gasteiger partial charge is 0.473 e. The maximum atomic E-state index is 12.9. The van der Waals surface area contributed by atoms with Gasteiger partial charge in [0.1, 0.15) is 11.9 Å². The second-order valence-corrected chi connectivity index (χ2v) is 8.12. The summed E-state index contributed by atoms with van der Waals surface area (Å²) in [7, 11) is -3.65. The van der Waals surface area contributed by atoms with Gasteiger partial charge in [0, 0.05) is 18.8 Å². The number of halogens is 4. The highest BCUT2D eigenvalue weighted by Gasteiger charge is 2.34. The van der Waals surface area contributed by atoms with Crippen LogP contribution < -0.4 is 4.74 Å². The number of sulfonamides is 1. The average molecular weight is 404 g/mol. The quantitative estimate of drug-likeness (QED) is 0.718. The lowest BCUT2D eigenvalue weighted by Gasteiger charge is -2.17. The van der Waals surface area contributed by atoms with Gasteiger partial charge in [-0.3, -0.25) is 0 Å². The van der Waals surface area contributed by atoms with Gasteiger partial charge >= 0.3 is 6.18 Å². The van der Waals surface area contributed by atoms with Gasteiger partial charge in [0.15, 0.2) is 0 Å². The summed E-state index contributed by atoms with van der Waals surface area (Å²) in [4.78, 5) is 3.75. The van der Waals surface area contributed by atoms with Crippen LogP contribution in [0.15, 0.2) is 42.6 Å². The Hall–Kier alpha value is -2.20. The maximum Gasteiger partial charge on any atom is 0.416 e. The van der Waals surface area contributed by atoms with Crippen LogP contribution in [0.25, 0.3) is 0 Å². The summed E-state index contributed by atoms with van der Waals surface area (Å²) in [5.41, 5.74) is -0.438. The molecule has 2 aromatic rings. The molecular formula is C17H16F4N2O3S. The van der Waals surface area contributed by atoms with E-state index in [1.807, 2.05) is 0 Å². The molecule has 10 heteroatoms. The summed E-state index contributed by atoms with van der Waals surface area (Å²) < 4.78 is 82.8. The molecule has 1 aliphatic rings. The third-order valence-corrected chi connectivity index (χ3v) is 5.93. The molecule has 5 nitrogen and oxygen atoms in total. The van der Waals surface area contributed by atoms with Crippen molar-refractivity contribution in [2.24, 2.45) is 0 Å². The molecule has 2 heterocycles. The van der Waals surface area contributed by atoms with Gasteiger partial charge in [-0.1, -0.05) is 12.1 Å². The molecule has 1 aromatic heterocycles. The Morgan fingerprint density at radius 3 is 2.56 bits per heavy atom. The highest BCUT2D eigenvalue weighted by atomic mass is 32.2. The fourth-order valence-corrected chi connectivity index (χ4v) is 4.32. The first-order chi connectivity index (χ1) is 12.6. The number of rotatable bonds is 5. The van der Waals surface area contributed by atoms with Gasteiger partial charge in [0.2, 0.25) is 15.9 Å². The standard InChI is InChI=1S/C17H16F4N2O3S/c18-14-3-1-12(2-4-14)11-27(24,25)23-8-6-15(10-23)26-16-9-13(5-7-22-16)17(19,20)21/h1-5,7,9,15H,6,8,10-11H2. The lowest BCUT2D eigenvalue weighted by atomic mass is 10.2. The van der Waals surface area contributed by atoms with Crippen molar-refractivity contribution in [1.82, 2.24) is 9.29 Å². The van der Waals surface area contributed by atoms with Crippen molar-refractivity contribution in [2.45, 2.75) is 24.5 Å². The van der Waals surface area contributed by atoms with Gasteiger partial charge in [-0.05, 0) is 30.2 Å². The van der Waals surface area contributed by atoms with Gasteiger partial charge in [-0.2, -0.15) is 17.5 Å². The molecule has 1 aromatic carbocycles. The van der Waals surface area contributed by atoms with Crippen LogP contribution in [0.1, 0.15) is 17.5 Å². The monoisotopic (exact) mass is 404 g/mol. The first-order valence-electron chi connectivity index (χ1n) is 8.06. The normalized spacial score (nSPS) is 18.6. The minimum Gasteiger partial charge on any atom is -0.473 e. The maximum absolute atomic E-state index is 12.9. The van der Waals surface area contributed by atoms with E-state index in [9.17, 15) is 26.0 Å². The number of ether oxygens (including phenoxy) is 1. The molecule has 0 N–H and O–H groups in total. The third-order valence-electron chi connectivity index (χ3n) is 4.11. The van der Waals surface area contributed by atoms with E-state index in [-0.39, 0.29) is 24.7 Å². The van der Waals surface area contributed by atoms with Crippen molar-refractivity contribution < 1.29 is 30.7 Å². The Morgan fingerprint density at radius 1 is 1.19 bits per heavy atom. The SMILES string of the molecule is O=S(=O)(Cc1ccc(F)cc1)N1CCC(Oc2cc(C(F)(F)F)ccn2)C1. The fourth-order valence-electron chi connectivity index (χ4n) is 2.75.